The summed E-state index contributed by atoms with van der Waals surface area (Å²) in [7, 11) is 0. The number of β-lactam (4-membered cyclic amide) rings is 1. The Morgan fingerprint density at radius 3 is 2.79 bits per heavy atom. The molecule has 1 unspecified atom stereocenters. The van der Waals surface area contributed by atoms with Crippen LogP contribution in [0, 0.1) is 0 Å². The molecule has 1 saturated heterocycles. The highest BCUT2D eigenvalue weighted by Gasteiger charge is 2.54. The zero-order chi connectivity index (χ0) is 20.6. The summed E-state index contributed by atoms with van der Waals surface area (Å²) in [6.07, 6.45) is 3.38. The number of allylic oxidation sites excluding steroid dienone is 2. The number of aromatic hydroxyl groups is 1. The first-order valence-corrected chi connectivity index (χ1v) is 9.77. The van der Waals surface area contributed by atoms with Gasteiger partial charge in [-0.3, -0.25) is 14.5 Å². The van der Waals surface area contributed by atoms with Crippen molar-refractivity contribution in [2.24, 2.45) is 5.73 Å². The van der Waals surface area contributed by atoms with Gasteiger partial charge in [0.05, 0.1) is 5.02 Å². The topological polar surface area (TPSA) is 133 Å². The van der Waals surface area contributed by atoms with Crippen LogP contribution in [0.4, 0.5) is 0 Å². The third kappa shape index (κ3) is 3.48. The van der Waals surface area contributed by atoms with Crippen LogP contribution in [0.25, 0.3) is 0 Å². The first kappa shape index (κ1) is 20.2. The third-order valence-corrected chi connectivity index (χ3v) is 6.08. The van der Waals surface area contributed by atoms with Crippen LogP contribution in [-0.4, -0.2) is 50.1 Å². The second-order valence-corrected chi connectivity index (χ2v) is 7.78. The molecule has 0 radical (unpaired) electrons. The van der Waals surface area contributed by atoms with E-state index in [1.165, 1.54) is 34.9 Å². The lowest BCUT2D eigenvalue weighted by molar-refractivity contribution is -0.150. The molecular weight excluding hydrogens is 406 g/mol. The zero-order valence-electron chi connectivity index (χ0n) is 14.8. The number of phenols is 1. The van der Waals surface area contributed by atoms with E-state index in [0.29, 0.717) is 16.9 Å². The van der Waals surface area contributed by atoms with Crippen molar-refractivity contribution in [3.63, 3.8) is 0 Å². The fraction of sp³-hybridized carbons (Fsp3) is 0.278. The van der Waals surface area contributed by atoms with E-state index in [9.17, 15) is 24.6 Å². The smallest absolute Gasteiger partial charge is 0.352 e. The van der Waals surface area contributed by atoms with E-state index in [4.69, 9.17) is 17.3 Å². The first-order valence-electron chi connectivity index (χ1n) is 8.34. The summed E-state index contributed by atoms with van der Waals surface area (Å²) in [5, 5.41) is 21.1. The molecule has 3 rings (SSSR count). The molecule has 2 amide bonds. The van der Waals surface area contributed by atoms with Crippen molar-refractivity contribution >= 4 is 41.1 Å². The Balaban J connectivity index is 1.75. The Bertz CT molecular complexity index is 916. The van der Waals surface area contributed by atoms with E-state index in [1.807, 2.05) is 0 Å². The van der Waals surface area contributed by atoms with Crippen LogP contribution in [-0.2, 0) is 14.4 Å². The van der Waals surface area contributed by atoms with Crippen LogP contribution in [0.15, 0.2) is 41.6 Å². The van der Waals surface area contributed by atoms with Gasteiger partial charge in [0.15, 0.2) is 0 Å². The number of fused-ring (bicyclic) bond motifs is 1. The Kier molecular flexibility index (Phi) is 5.69. The predicted octanol–water partition coefficient (Wildman–Crippen LogP) is 1.36. The lowest BCUT2D eigenvalue weighted by Gasteiger charge is -2.49. The maximum Gasteiger partial charge on any atom is 0.352 e. The van der Waals surface area contributed by atoms with Gasteiger partial charge in [0.25, 0.3) is 5.91 Å². The van der Waals surface area contributed by atoms with Crippen LogP contribution in [0.1, 0.15) is 18.5 Å². The number of thioether (sulfide) groups is 1. The fourth-order valence-corrected chi connectivity index (χ4v) is 4.59. The molecular formula is C18H18ClN3O5S. The number of phenolic OH excluding ortho intramolecular Hbond substituents is 1. The Morgan fingerprint density at radius 2 is 2.18 bits per heavy atom. The molecule has 0 spiro atoms. The number of amides is 2. The van der Waals surface area contributed by atoms with E-state index in [1.54, 1.807) is 19.1 Å². The molecule has 2 aliphatic heterocycles. The molecule has 3 atom stereocenters. The van der Waals surface area contributed by atoms with Gasteiger partial charge in [-0.05, 0) is 30.2 Å². The Morgan fingerprint density at radius 1 is 1.46 bits per heavy atom. The standard InChI is InChI=1S/C18H18ClN3O5S/c1-2-3-9-7-28-17-13(16(25)22(17)14(9)18(26)27)21-15(24)12(20)8-4-5-11(23)10(19)6-8/h2-6,12-13,17,23H,7,20H2,1H3,(H,21,24)(H,26,27)/b3-2-/t12?,13-,17-/m1/s1. The molecule has 8 nitrogen and oxygen atoms in total. The van der Waals surface area contributed by atoms with Crippen LogP contribution in [0.5, 0.6) is 5.75 Å². The molecule has 10 heteroatoms. The number of rotatable bonds is 5. The molecule has 28 heavy (non-hydrogen) atoms. The van der Waals surface area contributed by atoms with Gasteiger partial charge in [0.1, 0.15) is 28.9 Å². The molecule has 1 aromatic rings. The van der Waals surface area contributed by atoms with Gasteiger partial charge in [0, 0.05) is 5.75 Å². The molecule has 2 aliphatic rings. The van der Waals surface area contributed by atoms with Gasteiger partial charge >= 0.3 is 5.97 Å². The first-order chi connectivity index (χ1) is 13.3. The van der Waals surface area contributed by atoms with E-state index >= 15 is 0 Å². The van der Waals surface area contributed by atoms with Crippen molar-refractivity contribution < 1.29 is 24.6 Å². The van der Waals surface area contributed by atoms with Gasteiger partial charge in [-0.1, -0.05) is 29.8 Å². The zero-order valence-corrected chi connectivity index (χ0v) is 16.3. The summed E-state index contributed by atoms with van der Waals surface area (Å²) in [4.78, 5) is 37.8. The number of nitrogens with two attached hydrogens (primary N) is 1. The average Bonchev–Trinajstić information content (AvgIpc) is 2.67. The van der Waals surface area contributed by atoms with Gasteiger partial charge in [0.2, 0.25) is 5.91 Å². The number of hydrogen-bond acceptors (Lipinski definition) is 6. The number of benzene rings is 1. The number of carbonyl (C=O) groups excluding carboxylic acids is 2. The minimum absolute atomic E-state index is 0.0576. The highest BCUT2D eigenvalue weighted by molar-refractivity contribution is 8.00. The molecule has 5 N–H and O–H groups in total. The summed E-state index contributed by atoms with van der Waals surface area (Å²) >= 11 is 7.21. The van der Waals surface area contributed by atoms with Crippen LogP contribution in [0.2, 0.25) is 5.02 Å². The largest absolute Gasteiger partial charge is 0.506 e. The average molecular weight is 424 g/mol. The molecule has 0 aliphatic carbocycles. The summed E-state index contributed by atoms with van der Waals surface area (Å²) < 4.78 is 0. The van der Waals surface area contributed by atoms with Gasteiger partial charge in [-0.15, -0.1) is 11.8 Å². The second-order valence-electron chi connectivity index (χ2n) is 6.26. The summed E-state index contributed by atoms with van der Waals surface area (Å²) in [5.41, 5.74) is 6.80. The van der Waals surface area contributed by atoms with Crippen molar-refractivity contribution in [1.82, 2.24) is 10.2 Å². The fourth-order valence-electron chi connectivity index (χ4n) is 3.08. The summed E-state index contributed by atoms with van der Waals surface area (Å²) in [6, 6.07) is 2.20. The predicted molar refractivity (Wildman–Crippen MR) is 105 cm³/mol. The maximum absolute atomic E-state index is 12.5. The van der Waals surface area contributed by atoms with Gasteiger partial charge < -0.3 is 21.3 Å². The third-order valence-electron chi connectivity index (χ3n) is 4.48. The molecule has 0 bridgehead atoms. The van der Waals surface area contributed by atoms with Crippen molar-refractivity contribution in [1.29, 1.82) is 0 Å². The molecule has 2 heterocycles. The Hall–Kier alpha value is -2.49. The van der Waals surface area contributed by atoms with E-state index in [-0.39, 0.29) is 16.5 Å². The minimum Gasteiger partial charge on any atom is -0.506 e. The van der Waals surface area contributed by atoms with Crippen molar-refractivity contribution in [2.45, 2.75) is 24.4 Å². The number of carboxylic acid groups (broad SMARTS) is 1. The minimum atomic E-state index is -1.19. The number of halogens is 1. The molecule has 148 valence electrons. The highest BCUT2D eigenvalue weighted by atomic mass is 35.5. The van der Waals surface area contributed by atoms with Crippen molar-refractivity contribution in [3.8, 4) is 5.75 Å². The summed E-state index contributed by atoms with van der Waals surface area (Å²) in [5.74, 6) is -2.01. The lowest BCUT2D eigenvalue weighted by atomic mass is 10.0. The Labute approximate surface area is 170 Å². The van der Waals surface area contributed by atoms with Crippen molar-refractivity contribution in [2.75, 3.05) is 5.75 Å². The molecule has 1 fully saturated rings. The lowest BCUT2D eigenvalue weighted by Crippen LogP contribution is -2.71. The SMILES string of the molecule is C/C=C\C1=C(C(=O)O)N2C(=O)[C@@H](NC(=O)C(N)c3ccc(O)c(Cl)c3)[C@H]2SC1. The highest BCUT2D eigenvalue weighted by Crippen LogP contribution is 2.40. The van der Waals surface area contributed by atoms with Crippen LogP contribution < -0.4 is 11.1 Å². The van der Waals surface area contributed by atoms with E-state index in [2.05, 4.69) is 5.32 Å². The number of carboxylic acids is 1. The molecule has 0 saturated carbocycles. The number of aliphatic carboxylic acids is 1. The van der Waals surface area contributed by atoms with Crippen LogP contribution >= 0.6 is 23.4 Å². The van der Waals surface area contributed by atoms with E-state index in [0.717, 1.165) is 0 Å². The monoisotopic (exact) mass is 423 g/mol. The number of nitrogens with zero attached hydrogens (tertiary/aromatic N) is 1. The number of hydrogen-bond donors (Lipinski definition) is 4. The van der Waals surface area contributed by atoms with Crippen LogP contribution in [0.3, 0.4) is 0 Å². The van der Waals surface area contributed by atoms with Crippen molar-refractivity contribution in [3.05, 3.63) is 52.2 Å². The van der Waals surface area contributed by atoms with Gasteiger partial charge in [-0.2, -0.15) is 0 Å². The quantitative estimate of drug-likeness (QED) is 0.525. The molecule has 0 aromatic heterocycles. The second kappa shape index (κ2) is 7.86. The number of carbonyl (C=O) groups is 3. The van der Waals surface area contributed by atoms with Gasteiger partial charge in [-0.25, -0.2) is 4.79 Å². The summed E-state index contributed by atoms with van der Waals surface area (Å²) in [6.45, 7) is 1.77. The van der Waals surface area contributed by atoms with E-state index < -0.39 is 35.2 Å². The normalized spacial score (nSPS) is 22.7. The molecule has 1 aromatic carbocycles. The number of nitrogens with one attached hydrogen (secondary N) is 1. The maximum atomic E-state index is 12.5.